The number of rotatable bonds is 4. The van der Waals surface area contributed by atoms with Crippen molar-refractivity contribution in [3.8, 4) is 0 Å². The standard InChI is InChI=1S/C13H11BrN2O2S/c1-15-10-6-4-8-12(13(10)16(17)18)19-11-7-3-2-5-9(11)14/h2-8,15H,1H3. The van der Waals surface area contributed by atoms with Gasteiger partial charge in [0, 0.05) is 16.4 Å². The van der Waals surface area contributed by atoms with Crippen molar-refractivity contribution in [1.29, 1.82) is 0 Å². The Morgan fingerprint density at radius 3 is 2.47 bits per heavy atom. The summed E-state index contributed by atoms with van der Waals surface area (Å²) in [6, 6.07) is 12.9. The fraction of sp³-hybridized carbons (Fsp3) is 0.0769. The van der Waals surface area contributed by atoms with Crippen LogP contribution in [-0.2, 0) is 0 Å². The lowest BCUT2D eigenvalue weighted by atomic mass is 10.2. The van der Waals surface area contributed by atoms with E-state index in [2.05, 4.69) is 21.2 Å². The van der Waals surface area contributed by atoms with Crippen LogP contribution in [0.5, 0.6) is 0 Å². The molecule has 0 aliphatic heterocycles. The zero-order valence-electron chi connectivity index (χ0n) is 10.1. The Hall–Kier alpha value is -1.53. The molecule has 0 fully saturated rings. The van der Waals surface area contributed by atoms with Crippen LogP contribution in [0, 0.1) is 10.1 Å². The molecule has 0 spiro atoms. The summed E-state index contributed by atoms with van der Waals surface area (Å²) in [6.45, 7) is 0. The zero-order chi connectivity index (χ0) is 13.8. The first-order chi connectivity index (χ1) is 9.13. The summed E-state index contributed by atoms with van der Waals surface area (Å²) < 4.78 is 0.921. The molecule has 4 nitrogen and oxygen atoms in total. The summed E-state index contributed by atoms with van der Waals surface area (Å²) in [7, 11) is 1.68. The van der Waals surface area contributed by atoms with Gasteiger partial charge >= 0.3 is 5.69 Å². The third-order valence-electron chi connectivity index (χ3n) is 2.51. The van der Waals surface area contributed by atoms with Gasteiger partial charge in [0.1, 0.15) is 5.69 Å². The van der Waals surface area contributed by atoms with Crippen molar-refractivity contribution in [2.24, 2.45) is 0 Å². The predicted molar refractivity (Wildman–Crippen MR) is 80.9 cm³/mol. The lowest BCUT2D eigenvalue weighted by Crippen LogP contribution is -1.98. The van der Waals surface area contributed by atoms with E-state index < -0.39 is 0 Å². The van der Waals surface area contributed by atoms with Crippen molar-refractivity contribution in [2.45, 2.75) is 9.79 Å². The Morgan fingerprint density at radius 2 is 1.84 bits per heavy atom. The van der Waals surface area contributed by atoms with E-state index >= 15 is 0 Å². The van der Waals surface area contributed by atoms with Crippen molar-refractivity contribution in [3.05, 3.63) is 57.1 Å². The second-order valence-corrected chi connectivity index (χ2v) is 5.63. The number of hydrogen-bond donors (Lipinski definition) is 1. The normalized spacial score (nSPS) is 10.2. The molecule has 2 rings (SSSR count). The Labute approximate surface area is 123 Å². The van der Waals surface area contributed by atoms with Gasteiger partial charge in [0.05, 0.1) is 9.82 Å². The largest absolute Gasteiger partial charge is 0.383 e. The minimum atomic E-state index is -0.356. The molecule has 98 valence electrons. The minimum Gasteiger partial charge on any atom is -0.383 e. The first-order valence-electron chi connectivity index (χ1n) is 5.51. The summed E-state index contributed by atoms with van der Waals surface area (Å²) in [5, 5.41) is 14.1. The maximum absolute atomic E-state index is 11.2. The third-order valence-corrected chi connectivity index (χ3v) is 4.59. The number of halogens is 1. The van der Waals surface area contributed by atoms with E-state index in [0.717, 1.165) is 9.37 Å². The van der Waals surface area contributed by atoms with E-state index in [4.69, 9.17) is 0 Å². The van der Waals surface area contributed by atoms with Gasteiger partial charge in [0.25, 0.3) is 0 Å². The smallest absolute Gasteiger partial charge is 0.306 e. The minimum absolute atomic E-state index is 0.103. The van der Waals surface area contributed by atoms with Gasteiger partial charge in [-0.3, -0.25) is 10.1 Å². The van der Waals surface area contributed by atoms with Crippen molar-refractivity contribution in [1.82, 2.24) is 0 Å². The molecule has 0 radical (unpaired) electrons. The molecule has 1 N–H and O–H groups in total. The Bertz CT molecular complexity index is 619. The summed E-state index contributed by atoms with van der Waals surface area (Å²) in [5.74, 6) is 0. The van der Waals surface area contributed by atoms with Crippen LogP contribution in [0.1, 0.15) is 0 Å². The van der Waals surface area contributed by atoms with Gasteiger partial charge in [0.2, 0.25) is 0 Å². The molecule has 0 unspecified atom stereocenters. The van der Waals surface area contributed by atoms with E-state index in [-0.39, 0.29) is 10.6 Å². The molecule has 6 heteroatoms. The molecule has 0 atom stereocenters. The van der Waals surface area contributed by atoms with E-state index in [9.17, 15) is 10.1 Å². The Morgan fingerprint density at radius 1 is 1.16 bits per heavy atom. The molecular formula is C13H11BrN2O2S. The summed E-state index contributed by atoms with van der Waals surface area (Å²) in [5.41, 5.74) is 0.618. The maximum atomic E-state index is 11.2. The van der Waals surface area contributed by atoms with E-state index in [0.29, 0.717) is 10.6 Å². The fourth-order valence-corrected chi connectivity index (χ4v) is 3.15. The maximum Gasteiger partial charge on any atom is 0.306 e. The lowest BCUT2D eigenvalue weighted by Gasteiger charge is -2.08. The van der Waals surface area contributed by atoms with Crippen LogP contribution in [0.15, 0.2) is 56.7 Å². The average Bonchev–Trinajstić information content (AvgIpc) is 2.40. The van der Waals surface area contributed by atoms with Crippen LogP contribution in [-0.4, -0.2) is 12.0 Å². The van der Waals surface area contributed by atoms with Crippen molar-refractivity contribution >= 4 is 39.1 Å². The molecule has 0 saturated heterocycles. The molecule has 0 aromatic heterocycles. The number of benzene rings is 2. The topological polar surface area (TPSA) is 55.2 Å². The van der Waals surface area contributed by atoms with Gasteiger partial charge in [-0.2, -0.15) is 0 Å². The molecule has 0 aliphatic rings. The number of nitro groups is 1. The summed E-state index contributed by atoms with van der Waals surface area (Å²) in [4.78, 5) is 12.4. The number of nitrogens with zero attached hydrogens (tertiary/aromatic N) is 1. The SMILES string of the molecule is CNc1cccc(Sc2ccccc2Br)c1[N+](=O)[O-]. The highest BCUT2D eigenvalue weighted by Gasteiger charge is 2.20. The fourth-order valence-electron chi connectivity index (χ4n) is 1.64. The van der Waals surface area contributed by atoms with Gasteiger partial charge in [-0.1, -0.05) is 30.0 Å². The first-order valence-corrected chi connectivity index (χ1v) is 7.12. The number of nitro benzene ring substituents is 1. The Kier molecular flexibility index (Phi) is 4.44. The van der Waals surface area contributed by atoms with Crippen molar-refractivity contribution in [3.63, 3.8) is 0 Å². The molecule has 0 bridgehead atoms. The van der Waals surface area contributed by atoms with Gasteiger partial charge < -0.3 is 5.32 Å². The summed E-state index contributed by atoms with van der Waals surface area (Å²) >= 11 is 4.81. The Balaban J connectivity index is 2.46. The number of para-hydroxylation sites is 1. The van der Waals surface area contributed by atoms with E-state index in [1.54, 1.807) is 25.2 Å². The first kappa shape index (κ1) is 13.9. The lowest BCUT2D eigenvalue weighted by molar-refractivity contribution is -0.386. The van der Waals surface area contributed by atoms with E-state index in [1.807, 2.05) is 24.3 Å². The van der Waals surface area contributed by atoms with Gasteiger partial charge in [0.15, 0.2) is 0 Å². The highest BCUT2D eigenvalue weighted by Crippen LogP contribution is 2.41. The van der Waals surface area contributed by atoms with Crippen LogP contribution >= 0.6 is 27.7 Å². The summed E-state index contributed by atoms with van der Waals surface area (Å²) in [6.07, 6.45) is 0. The van der Waals surface area contributed by atoms with Crippen LogP contribution in [0.2, 0.25) is 0 Å². The van der Waals surface area contributed by atoms with Gasteiger partial charge in [-0.25, -0.2) is 0 Å². The van der Waals surface area contributed by atoms with E-state index in [1.165, 1.54) is 11.8 Å². The quantitative estimate of drug-likeness (QED) is 0.656. The van der Waals surface area contributed by atoms with Crippen LogP contribution in [0.3, 0.4) is 0 Å². The zero-order valence-corrected chi connectivity index (χ0v) is 12.5. The molecule has 0 heterocycles. The predicted octanol–water partition coefficient (Wildman–Crippen LogP) is 4.55. The molecule has 0 aliphatic carbocycles. The van der Waals surface area contributed by atoms with Crippen molar-refractivity contribution < 1.29 is 4.92 Å². The molecule has 2 aromatic rings. The molecule has 0 saturated carbocycles. The van der Waals surface area contributed by atoms with Gasteiger partial charge in [-0.15, -0.1) is 0 Å². The number of anilines is 1. The van der Waals surface area contributed by atoms with Gasteiger partial charge in [-0.05, 0) is 40.2 Å². The molecule has 19 heavy (non-hydrogen) atoms. The highest BCUT2D eigenvalue weighted by molar-refractivity contribution is 9.10. The monoisotopic (exact) mass is 338 g/mol. The number of nitrogens with one attached hydrogen (secondary N) is 1. The second-order valence-electron chi connectivity index (χ2n) is 3.69. The van der Waals surface area contributed by atoms with Crippen LogP contribution in [0.25, 0.3) is 0 Å². The third kappa shape index (κ3) is 3.08. The highest BCUT2D eigenvalue weighted by atomic mass is 79.9. The number of hydrogen-bond acceptors (Lipinski definition) is 4. The van der Waals surface area contributed by atoms with Crippen LogP contribution < -0.4 is 5.32 Å². The van der Waals surface area contributed by atoms with Crippen LogP contribution in [0.4, 0.5) is 11.4 Å². The molecular weight excluding hydrogens is 328 g/mol. The molecule has 0 amide bonds. The molecule has 2 aromatic carbocycles. The average molecular weight is 339 g/mol. The van der Waals surface area contributed by atoms with Crippen molar-refractivity contribution in [2.75, 3.05) is 12.4 Å². The second kappa shape index (κ2) is 6.08.